The summed E-state index contributed by atoms with van der Waals surface area (Å²) in [7, 11) is 0. The molecule has 0 radical (unpaired) electrons. The zero-order valence-electron chi connectivity index (χ0n) is 10.2. The number of aryl methyl sites for hydroxylation is 1. The summed E-state index contributed by atoms with van der Waals surface area (Å²) in [6.07, 6.45) is 0.353. The highest BCUT2D eigenvalue weighted by Gasteiger charge is 2.29. The molecular weight excluding hydrogens is 296 g/mol. The van der Waals surface area contributed by atoms with E-state index in [-0.39, 0.29) is 18.8 Å². The van der Waals surface area contributed by atoms with Crippen LogP contribution >= 0.6 is 11.6 Å². The number of amides is 1. The van der Waals surface area contributed by atoms with Crippen molar-refractivity contribution < 1.29 is 18.3 Å². The minimum absolute atomic E-state index is 0.0437. The maximum absolute atomic E-state index is 13.4. The van der Waals surface area contributed by atoms with Gasteiger partial charge in [-0.3, -0.25) is 14.9 Å². The zero-order valence-corrected chi connectivity index (χ0v) is 11.0. The number of pyridine rings is 1. The first kappa shape index (κ1) is 14.9. The van der Waals surface area contributed by atoms with Crippen LogP contribution in [0.15, 0.2) is 17.1 Å². The molecule has 2 atom stereocenters. The molecule has 1 aromatic rings. The second-order valence-corrected chi connectivity index (χ2v) is 4.50. The van der Waals surface area contributed by atoms with Crippen LogP contribution in [-0.4, -0.2) is 35.5 Å². The molecule has 0 bridgehead atoms. The number of ether oxygens (including phenoxy) is 1. The number of hydrogen-bond acceptors (Lipinski definition) is 4. The molecule has 110 valence electrons. The number of carbonyl (C=O) groups excluding carboxylic acids is 1. The summed E-state index contributed by atoms with van der Waals surface area (Å²) in [6, 6.07) is 0.871. The lowest BCUT2D eigenvalue weighted by molar-refractivity contribution is -0.124. The SMILES string of the molecule is O=C(Nc1cc(F)c(=O)n(CCF)c1)C1CNC(Cl)O1. The molecule has 0 aliphatic carbocycles. The Morgan fingerprint density at radius 2 is 2.40 bits per heavy atom. The van der Waals surface area contributed by atoms with E-state index in [1.807, 2.05) is 0 Å². The molecule has 0 saturated carbocycles. The first-order valence-corrected chi connectivity index (χ1v) is 6.24. The van der Waals surface area contributed by atoms with Crippen LogP contribution in [-0.2, 0) is 16.1 Å². The molecule has 20 heavy (non-hydrogen) atoms. The molecule has 1 saturated heterocycles. The number of nitrogens with zero attached hydrogens (tertiary/aromatic N) is 1. The molecule has 2 N–H and O–H groups in total. The second kappa shape index (κ2) is 6.29. The minimum atomic E-state index is -1.07. The van der Waals surface area contributed by atoms with Crippen molar-refractivity contribution in [3.63, 3.8) is 0 Å². The van der Waals surface area contributed by atoms with Gasteiger partial charge in [0, 0.05) is 18.8 Å². The molecule has 0 spiro atoms. The van der Waals surface area contributed by atoms with E-state index in [1.165, 1.54) is 6.20 Å². The van der Waals surface area contributed by atoms with Crippen LogP contribution in [0.25, 0.3) is 0 Å². The number of carbonyl (C=O) groups is 1. The molecule has 1 aromatic heterocycles. The lowest BCUT2D eigenvalue weighted by atomic mass is 10.3. The highest BCUT2D eigenvalue weighted by molar-refractivity contribution is 6.19. The Bertz CT molecular complexity index is 566. The van der Waals surface area contributed by atoms with Crippen molar-refractivity contribution in [3.05, 3.63) is 28.4 Å². The van der Waals surface area contributed by atoms with Gasteiger partial charge in [-0.15, -0.1) is 0 Å². The molecule has 1 amide bonds. The molecular formula is C11H12ClF2N3O3. The smallest absolute Gasteiger partial charge is 0.286 e. The molecule has 1 aliphatic rings. The van der Waals surface area contributed by atoms with Gasteiger partial charge in [-0.2, -0.15) is 0 Å². The van der Waals surface area contributed by atoms with Crippen LogP contribution in [0.2, 0.25) is 0 Å². The average Bonchev–Trinajstić information content (AvgIpc) is 2.82. The summed E-state index contributed by atoms with van der Waals surface area (Å²) in [6.45, 7) is -0.891. The summed E-state index contributed by atoms with van der Waals surface area (Å²) in [5, 5.41) is 5.08. The first-order valence-electron chi connectivity index (χ1n) is 5.81. The Hall–Kier alpha value is -1.51. The summed E-state index contributed by atoms with van der Waals surface area (Å²) < 4.78 is 31.5. The van der Waals surface area contributed by atoms with Crippen molar-refractivity contribution in [1.29, 1.82) is 0 Å². The van der Waals surface area contributed by atoms with Gasteiger partial charge in [0.05, 0.1) is 12.2 Å². The van der Waals surface area contributed by atoms with Gasteiger partial charge in [0.25, 0.3) is 11.5 Å². The topological polar surface area (TPSA) is 72.4 Å². The third kappa shape index (κ3) is 3.33. The number of aromatic nitrogens is 1. The number of anilines is 1. The Morgan fingerprint density at radius 3 is 3.00 bits per heavy atom. The third-order valence-corrected chi connectivity index (χ3v) is 2.93. The van der Waals surface area contributed by atoms with Crippen LogP contribution < -0.4 is 16.2 Å². The van der Waals surface area contributed by atoms with Crippen molar-refractivity contribution in [2.24, 2.45) is 0 Å². The highest BCUT2D eigenvalue weighted by atomic mass is 35.5. The summed E-state index contributed by atoms with van der Waals surface area (Å²) in [5.41, 5.74) is -1.66. The predicted molar refractivity (Wildman–Crippen MR) is 67.8 cm³/mol. The number of halogens is 3. The highest BCUT2D eigenvalue weighted by Crippen LogP contribution is 2.12. The lowest BCUT2D eigenvalue weighted by Crippen LogP contribution is -2.32. The predicted octanol–water partition coefficient (Wildman–Crippen LogP) is 0.406. The van der Waals surface area contributed by atoms with Crippen molar-refractivity contribution >= 4 is 23.2 Å². The van der Waals surface area contributed by atoms with Crippen LogP contribution in [0.4, 0.5) is 14.5 Å². The molecule has 2 rings (SSSR count). The quantitative estimate of drug-likeness (QED) is 0.624. The molecule has 0 aromatic carbocycles. The summed E-state index contributed by atoms with van der Waals surface area (Å²) in [4.78, 5) is 23.2. The Balaban J connectivity index is 2.13. The third-order valence-electron chi connectivity index (χ3n) is 2.68. The normalized spacial score (nSPS) is 21.9. The minimum Gasteiger partial charge on any atom is -0.335 e. The first-order chi connectivity index (χ1) is 9.51. The van der Waals surface area contributed by atoms with E-state index < -0.39 is 35.7 Å². The van der Waals surface area contributed by atoms with E-state index in [0.29, 0.717) is 0 Å². The molecule has 9 heteroatoms. The van der Waals surface area contributed by atoms with Crippen molar-refractivity contribution in [3.8, 4) is 0 Å². The molecule has 1 aliphatic heterocycles. The van der Waals surface area contributed by atoms with E-state index in [0.717, 1.165) is 10.6 Å². The van der Waals surface area contributed by atoms with Crippen LogP contribution in [0.3, 0.4) is 0 Å². The lowest BCUT2D eigenvalue weighted by Gasteiger charge is -2.12. The zero-order chi connectivity index (χ0) is 14.7. The standard InChI is InChI=1S/C11H12ClF2N3O3/c12-11-15-4-8(20-11)9(18)16-6-3-7(14)10(19)17(5-6)2-1-13/h3,5,8,11,15H,1-2,4H2,(H,16,18). The van der Waals surface area contributed by atoms with Crippen molar-refractivity contribution in [2.45, 2.75) is 18.3 Å². The molecule has 1 fully saturated rings. The van der Waals surface area contributed by atoms with Crippen LogP contribution in [0.5, 0.6) is 0 Å². The van der Waals surface area contributed by atoms with Gasteiger partial charge in [0.15, 0.2) is 17.6 Å². The van der Waals surface area contributed by atoms with Crippen molar-refractivity contribution in [2.75, 3.05) is 18.5 Å². The van der Waals surface area contributed by atoms with Gasteiger partial charge >= 0.3 is 0 Å². The monoisotopic (exact) mass is 307 g/mol. The van der Waals surface area contributed by atoms with Gasteiger partial charge < -0.3 is 14.6 Å². The fraction of sp³-hybridized carbons (Fsp3) is 0.455. The van der Waals surface area contributed by atoms with E-state index in [2.05, 4.69) is 10.6 Å². The molecule has 6 nitrogen and oxygen atoms in total. The maximum Gasteiger partial charge on any atom is 0.286 e. The van der Waals surface area contributed by atoms with E-state index in [9.17, 15) is 18.4 Å². The second-order valence-electron chi connectivity index (χ2n) is 4.10. The van der Waals surface area contributed by atoms with E-state index >= 15 is 0 Å². The Morgan fingerprint density at radius 1 is 1.65 bits per heavy atom. The fourth-order valence-electron chi connectivity index (χ4n) is 1.74. The van der Waals surface area contributed by atoms with Crippen LogP contribution in [0, 0.1) is 5.82 Å². The average molecular weight is 308 g/mol. The Kier molecular flexibility index (Phi) is 4.69. The molecule has 2 unspecified atom stereocenters. The fourth-order valence-corrected chi connectivity index (χ4v) is 1.96. The van der Waals surface area contributed by atoms with E-state index in [1.54, 1.807) is 0 Å². The summed E-state index contributed by atoms with van der Waals surface area (Å²) >= 11 is 5.61. The largest absolute Gasteiger partial charge is 0.335 e. The van der Waals surface area contributed by atoms with E-state index in [4.69, 9.17) is 16.3 Å². The van der Waals surface area contributed by atoms with Gasteiger partial charge in [-0.1, -0.05) is 11.6 Å². The number of nitrogens with one attached hydrogen (secondary N) is 2. The van der Waals surface area contributed by atoms with Gasteiger partial charge in [0.1, 0.15) is 6.67 Å². The molecule has 2 heterocycles. The van der Waals surface area contributed by atoms with Crippen LogP contribution in [0.1, 0.15) is 0 Å². The summed E-state index contributed by atoms with van der Waals surface area (Å²) in [5.74, 6) is -1.61. The van der Waals surface area contributed by atoms with Gasteiger partial charge in [-0.25, -0.2) is 8.78 Å². The number of rotatable bonds is 4. The van der Waals surface area contributed by atoms with Gasteiger partial charge in [-0.05, 0) is 0 Å². The van der Waals surface area contributed by atoms with Gasteiger partial charge in [0.2, 0.25) is 0 Å². The van der Waals surface area contributed by atoms with Crippen molar-refractivity contribution in [1.82, 2.24) is 9.88 Å². The maximum atomic E-state index is 13.4. The number of alkyl halides is 2. The Labute approximate surface area is 117 Å². The number of hydrogen-bond donors (Lipinski definition) is 2.